The van der Waals surface area contributed by atoms with Crippen LogP contribution in [0.3, 0.4) is 0 Å². The van der Waals surface area contributed by atoms with Crippen molar-refractivity contribution >= 4 is 12.1 Å². The summed E-state index contributed by atoms with van der Waals surface area (Å²) >= 11 is 0. The van der Waals surface area contributed by atoms with E-state index < -0.39 is 0 Å². The largest absolute Gasteiger partial charge is 0.303 e. The number of hydrogen-bond acceptors (Lipinski definition) is 2. The van der Waals surface area contributed by atoms with Gasteiger partial charge < -0.3 is 4.79 Å². The van der Waals surface area contributed by atoms with Crippen molar-refractivity contribution in [3.8, 4) is 0 Å². The Labute approximate surface area is 97.1 Å². The number of carbonyl (C=O) groups is 2. The predicted octanol–water partition coefficient (Wildman–Crippen LogP) is 2.63. The van der Waals surface area contributed by atoms with Crippen molar-refractivity contribution < 1.29 is 9.59 Å². The number of rotatable bonds is 2. The van der Waals surface area contributed by atoms with Crippen molar-refractivity contribution in [2.24, 2.45) is 28.6 Å². The zero-order valence-electron chi connectivity index (χ0n) is 10.5. The van der Waals surface area contributed by atoms with Crippen molar-refractivity contribution in [2.45, 2.75) is 34.1 Å². The van der Waals surface area contributed by atoms with Crippen molar-refractivity contribution in [3.05, 3.63) is 12.2 Å². The van der Waals surface area contributed by atoms with E-state index in [0.717, 1.165) is 18.3 Å². The summed E-state index contributed by atoms with van der Waals surface area (Å²) in [5.41, 5.74) is 0.353. The normalized spacial score (nSPS) is 44.8. The Hall–Kier alpha value is -0.920. The van der Waals surface area contributed by atoms with Crippen LogP contribution in [0.2, 0.25) is 0 Å². The van der Waals surface area contributed by atoms with Gasteiger partial charge in [0.05, 0.1) is 0 Å². The Kier molecular flexibility index (Phi) is 2.21. The third kappa shape index (κ3) is 1.13. The zero-order valence-corrected chi connectivity index (χ0v) is 10.5. The lowest BCUT2D eigenvalue weighted by Gasteiger charge is -2.54. The number of aldehydes is 1. The van der Waals surface area contributed by atoms with E-state index in [1.165, 1.54) is 0 Å². The average molecular weight is 220 g/mol. The molecule has 0 amide bonds. The minimum absolute atomic E-state index is 0.0442. The molecule has 0 aromatic carbocycles. The second-order valence-electron chi connectivity index (χ2n) is 6.39. The third-order valence-corrected chi connectivity index (χ3v) is 4.75. The Morgan fingerprint density at radius 1 is 1.44 bits per heavy atom. The molecule has 0 radical (unpaired) electrons. The Morgan fingerprint density at radius 2 is 2.00 bits per heavy atom. The minimum Gasteiger partial charge on any atom is -0.303 e. The van der Waals surface area contributed by atoms with E-state index in [1.54, 1.807) is 0 Å². The fourth-order valence-electron chi connectivity index (χ4n) is 3.90. The van der Waals surface area contributed by atoms with E-state index in [2.05, 4.69) is 6.58 Å². The van der Waals surface area contributed by atoms with Crippen LogP contribution in [0.15, 0.2) is 12.2 Å². The van der Waals surface area contributed by atoms with Gasteiger partial charge in [0.2, 0.25) is 0 Å². The van der Waals surface area contributed by atoms with Gasteiger partial charge in [0, 0.05) is 22.7 Å². The average Bonchev–Trinajstić information content (AvgIpc) is 2.38. The summed E-state index contributed by atoms with van der Waals surface area (Å²) in [6.45, 7) is 11.9. The molecule has 2 fully saturated rings. The SMILES string of the molecule is C=C(C)C1C2C(=O)C(C)(C)CC2C1(C)C=O. The molecule has 0 N–H and O–H groups in total. The van der Waals surface area contributed by atoms with Crippen LogP contribution in [-0.2, 0) is 9.59 Å². The summed E-state index contributed by atoms with van der Waals surface area (Å²) in [5, 5.41) is 0. The molecule has 0 spiro atoms. The van der Waals surface area contributed by atoms with Crippen LogP contribution < -0.4 is 0 Å². The van der Waals surface area contributed by atoms with Gasteiger partial charge in [-0.15, -0.1) is 0 Å². The Bertz CT molecular complexity index is 380. The summed E-state index contributed by atoms with van der Waals surface area (Å²) in [4.78, 5) is 23.6. The van der Waals surface area contributed by atoms with Crippen LogP contribution >= 0.6 is 0 Å². The maximum atomic E-state index is 12.3. The Morgan fingerprint density at radius 3 is 2.44 bits per heavy atom. The van der Waals surface area contributed by atoms with Gasteiger partial charge in [-0.2, -0.15) is 0 Å². The molecular formula is C14H20O2. The predicted molar refractivity (Wildman–Crippen MR) is 62.9 cm³/mol. The van der Waals surface area contributed by atoms with Gasteiger partial charge in [0.1, 0.15) is 12.1 Å². The van der Waals surface area contributed by atoms with Crippen molar-refractivity contribution in [2.75, 3.05) is 0 Å². The molecule has 0 saturated heterocycles. The third-order valence-electron chi connectivity index (χ3n) is 4.75. The lowest BCUT2D eigenvalue weighted by Crippen LogP contribution is -2.56. The number of carbonyl (C=O) groups excluding carboxylic acids is 2. The molecule has 2 nitrogen and oxygen atoms in total. The smallest absolute Gasteiger partial charge is 0.142 e. The lowest BCUT2D eigenvalue weighted by molar-refractivity contribution is -0.147. The summed E-state index contributed by atoms with van der Waals surface area (Å²) in [5.74, 6) is 0.658. The van der Waals surface area contributed by atoms with Crippen LogP contribution in [0.1, 0.15) is 34.1 Å². The lowest BCUT2D eigenvalue weighted by atomic mass is 9.47. The minimum atomic E-state index is -0.361. The number of ketones is 1. The first-order chi connectivity index (χ1) is 7.25. The first-order valence-electron chi connectivity index (χ1n) is 5.92. The number of hydrogen-bond donors (Lipinski definition) is 0. The van der Waals surface area contributed by atoms with E-state index >= 15 is 0 Å². The van der Waals surface area contributed by atoms with E-state index in [0.29, 0.717) is 5.78 Å². The number of fused-ring (bicyclic) bond motifs is 1. The molecule has 2 heteroatoms. The van der Waals surface area contributed by atoms with Crippen molar-refractivity contribution in [1.82, 2.24) is 0 Å². The van der Waals surface area contributed by atoms with Crippen LogP contribution in [-0.4, -0.2) is 12.1 Å². The molecule has 4 unspecified atom stereocenters. The second kappa shape index (κ2) is 3.06. The first kappa shape index (κ1) is 11.6. The summed E-state index contributed by atoms with van der Waals surface area (Å²) in [6, 6.07) is 0. The van der Waals surface area contributed by atoms with E-state index in [-0.39, 0.29) is 28.6 Å². The van der Waals surface area contributed by atoms with Gasteiger partial charge in [-0.25, -0.2) is 0 Å². The highest BCUT2D eigenvalue weighted by molar-refractivity contribution is 5.93. The van der Waals surface area contributed by atoms with Gasteiger partial charge in [-0.1, -0.05) is 32.9 Å². The maximum Gasteiger partial charge on any atom is 0.142 e. The van der Waals surface area contributed by atoms with E-state index in [4.69, 9.17) is 0 Å². The molecule has 2 aliphatic carbocycles. The van der Waals surface area contributed by atoms with Gasteiger partial charge >= 0.3 is 0 Å². The standard InChI is InChI=1S/C14H20O2/c1-8(2)11-10-9(14(11,5)7-15)6-13(3,4)12(10)16/h7,9-11H,1,6H2,2-5H3. The molecule has 0 aliphatic heterocycles. The molecular weight excluding hydrogens is 200 g/mol. The highest BCUT2D eigenvalue weighted by Crippen LogP contribution is 2.66. The molecule has 4 atom stereocenters. The summed E-state index contributed by atoms with van der Waals surface area (Å²) in [6.07, 6.45) is 1.89. The molecule has 2 aliphatic rings. The summed E-state index contributed by atoms with van der Waals surface area (Å²) in [7, 11) is 0. The van der Waals surface area contributed by atoms with Crippen LogP contribution in [0.5, 0.6) is 0 Å². The maximum absolute atomic E-state index is 12.3. The topological polar surface area (TPSA) is 34.1 Å². The second-order valence-corrected chi connectivity index (χ2v) is 6.39. The van der Waals surface area contributed by atoms with Crippen molar-refractivity contribution in [3.63, 3.8) is 0 Å². The molecule has 2 saturated carbocycles. The molecule has 0 bridgehead atoms. The molecule has 0 heterocycles. The van der Waals surface area contributed by atoms with Gasteiger partial charge in [0.25, 0.3) is 0 Å². The number of Topliss-reactive ketones (excluding diaryl/α,β-unsaturated/α-hetero) is 1. The summed E-state index contributed by atoms with van der Waals surface area (Å²) < 4.78 is 0. The highest BCUT2D eigenvalue weighted by atomic mass is 16.1. The van der Waals surface area contributed by atoms with E-state index in [9.17, 15) is 9.59 Å². The Balaban J connectivity index is 2.40. The fraction of sp³-hybridized carbons (Fsp3) is 0.714. The van der Waals surface area contributed by atoms with E-state index in [1.807, 2.05) is 27.7 Å². The highest BCUT2D eigenvalue weighted by Gasteiger charge is 2.68. The molecule has 88 valence electrons. The molecule has 2 rings (SSSR count). The zero-order chi connectivity index (χ0) is 12.3. The molecule has 0 aromatic rings. The monoisotopic (exact) mass is 220 g/mol. The van der Waals surface area contributed by atoms with Crippen LogP contribution in [0, 0.1) is 28.6 Å². The van der Waals surface area contributed by atoms with Gasteiger partial charge in [-0.05, 0) is 19.3 Å². The van der Waals surface area contributed by atoms with Gasteiger partial charge in [0.15, 0.2) is 0 Å². The fourth-order valence-corrected chi connectivity index (χ4v) is 3.90. The van der Waals surface area contributed by atoms with Crippen LogP contribution in [0.4, 0.5) is 0 Å². The molecule has 16 heavy (non-hydrogen) atoms. The van der Waals surface area contributed by atoms with Gasteiger partial charge in [-0.3, -0.25) is 4.79 Å². The quantitative estimate of drug-likeness (QED) is 0.529. The van der Waals surface area contributed by atoms with Crippen LogP contribution in [0.25, 0.3) is 0 Å². The molecule has 0 aromatic heterocycles. The van der Waals surface area contributed by atoms with Crippen molar-refractivity contribution in [1.29, 1.82) is 0 Å². The number of allylic oxidation sites excluding steroid dienone is 1. The first-order valence-corrected chi connectivity index (χ1v) is 5.92.